The van der Waals surface area contributed by atoms with Gasteiger partial charge in [-0.05, 0) is 35.7 Å². The average molecular weight is 449 g/mol. The highest BCUT2D eigenvalue weighted by molar-refractivity contribution is 6.30. The Morgan fingerprint density at radius 2 is 1.47 bits per heavy atom. The van der Waals surface area contributed by atoms with Crippen LogP contribution in [0.25, 0.3) is 0 Å². The quantitative estimate of drug-likeness (QED) is 0.483. The van der Waals surface area contributed by atoms with Crippen LogP contribution in [0.15, 0.2) is 84.9 Å². The summed E-state index contributed by atoms with van der Waals surface area (Å²) < 4.78 is 5.98. The van der Waals surface area contributed by atoms with Gasteiger partial charge in [-0.25, -0.2) is 0 Å². The van der Waals surface area contributed by atoms with Crippen molar-refractivity contribution in [2.45, 2.75) is 25.5 Å². The van der Waals surface area contributed by atoms with Crippen LogP contribution < -0.4 is 4.74 Å². The SMILES string of the molecule is CC[C@H](Oc1cccc(Cl)c1)C(=O)N1CCN(C(c2ccccc2)c2ccccc2)CC1. The molecule has 0 aromatic heterocycles. The Bertz CT molecular complexity index is 965. The number of carbonyl (C=O) groups excluding carboxylic acids is 1. The predicted octanol–water partition coefficient (Wildman–Crippen LogP) is 5.43. The van der Waals surface area contributed by atoms with E-state index in [0.717, 1.165) is 13.1 Å². The Labute approximate surface area is 195 Å². The third-order valence-corrected chi connectivity index (χ3v) is 6.18. The van der Waals surface area contributed by atoms with Gasteiger partial charge in [0.25, 0.3) is 5.91 Å². The van der Waals surface area contributed by atoms with Gasteiger partial charge in [-0.1, -0.05) is 85.3 Å². The molecule has 0 spiro atoms. The van der Waals surface area contributed by atoms with E-state index < -0.39 is 6.10 Å². The number of ether oxygens (including phenoxy) is 1. The van der Waals surface area contributed by atoms with Crippen LogP contribution in [0.1, 0.15) is 30.5 Å². The van der Waals surface area contributed by atoms with Gasteiger partial charge in [0.1, 0.15) is 5.75 Å². The molecule has 5 heteroatoms. The lowest BCUT2D eigenvalue weighted by atomic mass is 9.96. The molecule has 1 aliphatic heterocycles. The van der Waals surface area contributed by atoms with E-state index >= 15 is 0 Å². The zero-order chi connectivity index (χ0) is 22.3. The molecule has 0 radical (unpaired) electrons. The van der Waals surface area contributed by atoms with Crippen molar-refractivity contribution in [1.82, 2.24) is 9.80 Å². The van der Waals surface area contributed by atoms with Crippen LogP contribution >= 0.6 is 11.6 Å². The van der Waals surface area contributed by atoms with Gasteiger partial charge in [0.15, 0.2) is 6.10 Å². The van der Waals surface area contributed by atoms with Crippen molar-refractivity contribution < 1.29 is 9.53 Å². The number of carbonyl (C=O) groups is 1. The van der Waals surface area contributed by atoms with Crippen molar-refractivity contribution in [3.05, 3.63) is 101 Å². The van der Waals surface area contributed by atoms with Crippen LogP contribution in [0, 0.1) is 0 Å². The Hall–Kier alpha value is -2.82. The minimum absolute atomic E-state index is 0.0445. The van der Waals surface area contributed by atoms with Crippen molar-refractivity contribution in [3.8, 4) is 5.75 Å². The standard InChI is InChI=1S/C27H29ClN2O2/c1-2-25(32-24-15-9-14-23(28)20-24)27(31)30-18-16-29(17-19-30)26(21-10-5-3-6-11-21)22-12-7-4-8-13-22/h3-15,20,25-26H,2,16-19H2,1H3/t25-/m0/s1. The van der Waals surface area contributed by atoms with Crippen LogP contribution in [-0.4, -0.2) is 48.0 Å². The lowest BCUT2D eigenvalue weighted by Gasteiger charge is -2.40. The summed E-state index contributed by atoms with van der Waals surface area (Å²) in [4.78, 5) is 17.6. The topological polar surface area (TPSA) is 32.8 Å². The van der Waals surface area contributed by atoms with Gasteiger partial charge in [-0.2, -0.15) is 0 Å². The van der Waals surface area contributed by atoms with Gasteiger partial charge in [0.05, 0.1) is 6.04 Å². The minimum atomic E-state index is -0.501. The molecule has 4 rings (SSSR count). The predicted molar refractivity (Wildman–Crippen MR) is 129 cm³/mol. The van der Waals surface area contributed by atoms with Gasteiger partial charge >= 0.3 is 0 Å². The van der Waals surface area contributed by atoms with Gasteiger partial charge in [0, 0.05) is 31.2 Å². The van der Waals surface area contributed by atoms with Gasteiger partial charge in [-0.3, -0.25) is 9.69 Å². The lowest BCUT2D eigenvalue weighted by molar-refractivity contribution is -0.140. The molecule has 0 N–H and O–H groups in total. The van der Waals surface area contributed by atoms with Crippen molar-refractivity contribution in [2.24, 2.45) is 0 Å². The first-order valence-corrected chi connectivity index (χ1v) is 11.6. The first-order valence-electron chi connectivity index (χ1n) is 11.2. The molecule has 0 saturated carbocycles. The molecule has 1 saturated heterocycles. The number of benzene rings is 3. The van der Waals surface area contributed by atoms with Crippen LogP contribution in [-0.2, 0) is 4.79 Å². The maximum Gasteiger partial charge on any atom is 0.263 e. The van der Waals surface area contributed by atoms with E-state index in [4.69, 9.17) is 16.3 Å². The summed E-state index contributed by atoms with van der Waals surface area (Å²) in [5.41, 5.74) is 2.54. The Kier molecular flexibility index (Phi) is 7.46. The van der Waals surface area contributed by atoms with E-state index in [1.807, 2.05) is 36.1 Å². The van der Waals surface area contributed by atoms with Crippen LogP contribution in [0.5, 0.6) is 5.75 Å². The van der Waals surface area contributed by atoms with Crippen molar-refractivity contribution in [1.29, 1.82) is 0 Å². The molecule has 32 heavy (non-hydrogen) atoms. The second-order valence-corrected chi connectivity index (χ2v) is 8.49. The molecule has 3 aromatic carbocycles. The molecule has 0 bridgehead atoms. The summed E-state index contributed by atoms with van der Waals surface area (Å²) >= 11 is 6.07. The molecule has 1 atom stereocenters. The smallest absolute Gasteiger partial charge is 0.263 e. The van der Waals surface area contributed by atoms with E-state index in [2.05, 4.69) is 53.4 Å². The normalized spacial score (nSPS) is 15.5. The molecule has 4 nitrogen and oxygen atoms in total. The molecule has 3 aromatic rings. The van der Waals surface area contributed by atoms with E-state index in [9.17, 15) is 4.79 Å². The summed E-state index contributed by atoms with van der Waals surface area (Å²) in [5, 5.41) is 0.603. The molecular formula is C27H29ClN2O2. The zero-order valence-corrected chi connectivity index (χ0v) is 19.1. The monoisotopic (exact) mass is 448 g/mol. The summed E-state index contributed by atoms with van der Waals surface area (Å²) in [6, 6.07) is 28.6. The second-order valence-electron chi connectivity index (χ2n) is 8.06. The summed E-state index contributed by atoms with van der Waals surface area (Å²) in [7, 11) is 0. The van der Waals surface area contributed by atoms with Gasteiger partial charge < -0.3 is 9.64 Å². The molecule has 166 valence electrons. The van der Waals surface area contributed by atoms with Crippen molar-refractivity contribution in [2.75, 3.05) is 26.2 Å². The zero-order valence-electron chi connectivity index (χ0n) is 18.4. The maximum absolute atomic E-state index is 13.2. The van der Waals surface area contributed by atoms with Gasteiger partial charge in [-0.15, -0.1) is 0 Å². The fourth-order valence-corrected chi connectivity index (χ4v) is 4.48. The number of nitrogens with zero attached hydrogens (tertiary/aromatic N) is 2. The first-order chi connectivity index (χ1) is 15.7. The van der Waals surface area contributed by atoms with E-state index in [0.29, 0.717) is 30.3 Å². The van der Waals surface area contributed by atoms with E-state index in [1.165, 1.54) is 11.1 Å². The van der Waals surface area contributed by atoms with Crippen molar-refractivity contribution >= 4 is 17.5 Å². The molecular weight excluding hydrogens is 420 g/mol. The number of piperazine rings is 1. The highest BCUT2D eigenvalue weighted by Crippen LogP contribution is 2.29. The molecule has 1 aliphatic rings. The van der Waals surface area contributed by atoms with Crippen LogP contribution in [0.3, 0.4) is 0 Å². The third-order valence-electron chi connectivity index (χ3n) is 5.94. The van der Waals surface area contributed by atoms with Crippen molar-refractivity contribution in [3.63, 3.8) is 0 Å². The van der Waals surface area contributed by atoms with Crippen LogP contribution in [0.4, 0.5) is 0 Å². The molecule has 1 fully saturated rings. The summed E-state index contributed by atoms with van der Waals surface area (Å²) in [6.07, 6.45) is 0.112. The van der Waals surface area contributed by atoms with E-state index in [1.54, 1.807) is 12.1 Å². The minimum Gasteiger partial charge on any atom is -0.481 e. The number of hydrogen-bond donors (Lipinski definition) is 0. The fourth-order valence-electron chi connectivity index (χ4n) is 4.30. The fraction of sp³-hybridized carbons (Fsp3) is 0.296. The number of halogens is 1. The average Bonchev–Trinajstić information content (AvgIpc) is 2.84. The Morgan fingerprint density at radius 3 is 2.00 bits per heavy atom. The van der Waals surface area contributed by atoms with Crippen LogP contribution in [0.2, 0.25) is 5.02 Å². The largest absolute Gasteiger partial charge is 0.481 e. The second kappa shape index (κ2) is 10.7. The Morgan fingerprint density at radius 1 is 0.875 bits per heavy atom. The number of hydrogen-bond acceptors (Lipinski definition) is 3. The summed E-state index contributed by atoms with van der Waals surface area (Å²) in [6.45, 7) is 4.97. The van der Waals surface area contributed by atoms with Gasteiger partial charge in [0.2, 0.25) is 0 Å². The number of amides is 1. The third kappa shape index (κ3) is 5.32. The molecule has 0 unspecified atom stereocenters. The van der Waals surface area contributed by atoms with E-state index in [-0.39, 0.29) is 11.9 Å². The highest BCUT2D eigenvalue weighted by Gasteiger charge is 2.31. The first kappa shape index (κ1) is 22.4. The number of rotatable bonds is 7. The molecule has 0 aliphatic carbocycles. The lowest BCUT2D eigenvalue weighted by Crippen LogP contribution is -2.53. The molecule has 1 amide bonds. The highest BCUT2D eigenvalue weighted by atomic mass is 35.5. The Balaban J connectivity index is 1.44. The maximum atomic E-state index is 13.2. The summed E-state index contributed by atoms with van der Waals surface area (Å²) in [5.74, 6) is 0.674. The molecule has 1 heterocycles.